The van der Waals surface area contributed by atoms with Crippen LogP contribution in [0, 0.1) is 0 Å². The maximum atomic E-state index is 12.6. The van der Waals surface area contributed by atoms with Gasteiger partial charge in [-0.2, -0.15) is 0 Å². The average Bonchev–Trinajstić information content (AvgIpc) is 3.32. The van der Waals surface area contributed by atoms with Gasteiger partial charge >= 0.3 is 0 Å². The Kier molecular flexibility index (Phi) is 53.7. The molecule has 6 nitrogen and oxygen atoms in total. The molecule has 0 aromatic rings. The molecule has 4 unspecified atom stereocenters. The smallest absolute Gasteiger partial charge is 0.249 e. The number of rotatable bonds is 55. The molecule has 5 N–H and O–H groups in total. The van der Waals surface area contributed by atoms with Crippen LogP contribution >= 0.6 is 0 Å². The van der Waals surface area contributed by atoms with Crippen molar-refractivity contribution in [3.63, 3.8) is 0 Å². The first-order valence-electron chi connectivity index (χ1n) is 29.7. The summed E-state index contributed by atoms with van der Waals surface area (Å²) < 4.78 is 0. The standard InChI is InChI=1S/C60H117NO5/c1-3-5-7-9-11-13-15-17-19-21-23-25-26-27-28-29-30-31-32-34-36-38-40-42-44-46-48-50-52-54-58(64)60(66)61-56(55-62)59(65)57(63)53-51-49-47-45-43-41-39-37-35-33-24-22-20-18-16-14-12-10-8-6-4-2/h27-28,45,47,56-59,62-65H,3-26,29-44,46,48-55H2,1-2H3,(H,61,66)/b28-27-,47-45+. The monoisotopic (exact) mass is 932 g/mol. The summed E-state index contributed by atoms with van der Waals surface area (Å²) in [6.07, 6.45) is 66.9. The second kappa shape index (κ2) is 54.7. The fraction of sp³-hybridized carbons (Fsp3) is 0.917. The fourth-order valence-electron chi connectivity index (χ4n) is 9.46. The van der Waals surface area contributed by atoms with Crippen molar-refractivity contribution < 1.29 is 25.2 Å². The molecule has 0 aliphatic heterocycles. The summed E-state index contributed by atoms with van der Waals surface area (Å²) in [5.74, 6) is -0.589. The van der Waals surface area contributed by atoms with Crippen molar-refractivity contribution in [3.8, 4) is 0 Å². The van der Waals surface area contributed by atoms with E-state index in [0.29, 0.717) is 12.8 Å². The van der Waals surface area contributed by atoms with E-state index < -0.39 is 36.9 Å². The van der Waals surface area contributed by atoms with E-state index in [1.54, 1.807) is 0 Å². The highest BCUT2D eigenvalue weighted by Gasteiger charge is 2.28. The highest BCUT2D eigenvalue weighted by Crippen LogP contribution is 2.18. The number of nitrogens with one attached hydrogen (secondary N) is 1. The van der Waals surface area contributed by atoms with Gasteiger partial charge in [-0.15, -0.1) is 0 Å². The molecule has 6 heteroatoms. The Balaban J connectivity index is 3.61. The van der Waals surface area contributed by atoms with Crippen molar-refractivity contribution in [1.82, 2.24) is 5.32 Å². The normalized spacial score (nSPS) is 13.8. The molecule has 0 aliphatic rings. The van der Waals surface area contributed by atoms with Gasteiger partial charge in [-0.05, 0) is 64.2 Å². The Labute approximate surface area is 412 Å². The summed E-state index contributed by atoms with van der Waals surface area (Å²) in [5.41, 5.74) is 0. The lowest BCUT2D eigenvalue weighted by atomic mass is 10.00. The van der Waals surface area contributed by atoms with Crippen molar-refractivity contribution in [3.05, 3.63) is 24.3 Å². The maximum Gasteiger partial charge on any atom is 0.249 e. The van der Waals surface area contributed by atoms with Crippen LogP contribution in [0.15, 0.2) is 24.3 Å². The van der Waals surface area contributed by atoms with E-state index in [2.05, 4.69) is 43.5 Å². The number of aliphatic hydroxyl groups is 4. The Morgan fingerprint density at radius 1 is 0.364 bits per heavy atom. The van der Waals surface area contributed by atoms with Crippen molar-refractivity contribution in [2.24, 2.45) is 0 Å². The van der Waals surface area contributed by atoms with Gasteiger partial charge in [-0.1, -0.05) is 282 Å². The predicted octanol–water partition coefficient (Wildman–Crippen LogP) is 17.4. The summed E-state index contributed by atoms with van der Waals surface area (Å²) in [5, 5.41) is 44.0. The molecule has 0 aliphatic carbocycles. The molecule has 0 aromatic heterocycles. The van der Waals surface area contributed by atoms with Gasteiger partial charge in [-0.3, -0.25) is 4.79 Å². The van der Waals surface area contributed by atoms with Gasteiger partial charge in [0, 0.05) is 0 Å². The summed E-state index contributed by atoms with van der Waals surface area (Å²) in [7, 11) is 0. The maximum absolute atomic E-state index is 12.6. The molecule has 0 bridgehead atoms. The van der Waals surface area contributed by atoms with Crippen LogP contribution in [-0.4, -0.2) is 57.3 Å². The molecule has 0 saturated heterocycles. The van der Waals surface area contributed by atoms with E-state index in [9.17, 15) is 25.2 Å². The summed E-state index contributed by atoms with van der Waals surface area (Å²) in [6.45, 7) is 4.08. The van der Waals surface area contributed by atoms with Crippen molar-refractivity contribution in [1.29, 1.82) is 0 Å². The van der Waals surface area contributed by atoms with Gasteiger partial charge in [0.05, 0.1) is 18.8 Å². The summed E-state index contributed by atoms with van der Waals surface area (Å²) in [6, 6.07) is -1.00. The average molecular weight is 933 g/mol. The molecule has 392 valence electrons. The first kappa shape index (κ1) is 64.8. The molecule has 1 amide bonds. The lowest BCUT2D eigenvalue weighted by Crippen LogP contribution is -2.53. The zero-order chi connectivity index (χ0) is 48.1. The van der Waals surface area contributed by atoms with E-state index in [-0.39, 0.29) is 0 Å². The summed E-state index contributed by atoms with van der Waals surface area (Å²) in [4.78, 5) is 12.6. The predicted molar refractivity (Wildman–Crippen MR) is 288 cm³/mol. The van der Waals surface area contributed by atoms with Gasteiger partial charge in [-0.25, -0.2) is 0 Å². The van der Waals surface area contributed by atoms with E-state index in [1.807, 2.05) is 0 Å². The highest BCUT2D eigenvalue weighted by atomic mass is 16.3. The minimum Gasteiger partial charge on any atom is -0.394 e. The molecule has 0 saturated carbocycles. The van der Waals surface area contributed by atoms with Gasteiger partial charge in [0.15, 0.2) is 0 Å². The van der Waals surface area contributed by atoms with Crippen LogP contribution in [0.1, 0.15) is 322 Å². The van der Waals surface area contributed by atoms with Crippen LogP contribution < -0.4 is 5.32 Å². The Hall–Kier alpha value is -1.21. The highest BCUT2D eigenvalue weighted by molar-refractivity contribution is 5.80. The Morgan fingerprint density at radius 3 is 0.909 bits per heavy atom. The fourth-order valence-corrected chi connectivity index (χ4v) is 9.46. The van der Waals surface area contributed by atoms with Crippen molar-refractivity contribution >= 4 is 5.91 Å². The number of hydrogen-bond donors (Lipinski definition) is 5. The summed E-state index contributed by atoms with van der Waals surface area (Å²) >= 11 is 0. The molecule has 0 rings (SSSR count). The molecule has 66 heavy (non-hydrogen) atoms. The van der Waals surface area contributed by atoms with Crippen LogP contribution in [0.4, 0.5) is 0 Å². The van der Waals surface area contributed by atoms with E-state index in [0.717, 1.165) is 38.5 Å². The minimum atomic E-state index is -1.28. The third-order valence-corrected chi connectivity index (χ3v) is 14.1. The topological polar surface area (TPSA) is 110 Å². The van der Waals surface area contributed by atoms with Gasteiger partial charge in [0.25, 0.3) is 0 Å². The van der Waals surface area contributed by atoms with E-state index in [1.165, 1.54) is 257 Å². The number of carbonyl (C=O) groups excluding carboxylic acids is 1. The molecule has 0 radical (unpaired) electrons. The molecule has 0 heterocycles. The zero-order valence-corrected chi connectivity index (χ0v) is 44.5. The number of carbonyl (C=O) groups is 1. The first-order valence-corrected chi connectivity index (χ1v) is 29.7. The van der Waals surface area contributed by atoms with E-state index in [4.69, 9.17) is 0 Å². The number of allylic oxidation sites excluding steroid dienone is 4. The minimum absolute atomic E-state index is 0.365. The van der Waals surface area contributed by atoms with Gasteiger partial charge in [0.1, 0.15) is 12.2 Å². The third kappa shape index (κ3) is 47.8. The number of hydrogen-bond acceptors (Lipinski definition) is 5. The zero-order valence-electron chi connectivity index (χ0n) is 44.5. The molecular formula is C60H117NO5. The van der Waals surface area contributed by atoms with Crippen molar-refractivity contribution in [2.45, 2.75) is 346 Å². The van der Waals surface area contributed by atoms with Crippen LogP contribution in [0.3, 0.4) is 0 Å². The number of unbranched alkanes of at least 4 members (excludes halogenated alkanes) is 42. The molecule has 0 aromatic carbocycles. The molecule has 0 fully saturated rings. The first-order chi connectivity index (χ1) is 32.5. The van der Waals surface area contributed by atoms with Crippen LogP contribution in [0.2, 0.25) is 0 Å². The largest absolute Gasteiger partial charge is 0.394 e. The van der Waals surface area contributed by atoms with Gasteiger partial charge in [0.2, 0.25) is 5.91 Å². The van der Waals surface area contributed by atoms with Crippen LogP contribution in [0.25, 0.3) is 0 Å². The quantitative estimate of drug-likeness (QED) is 0.0308. The second-order valence-electron chi connectivity index (χ2n) is 20.7. The molecular weight excluding hydrogens is 815 g/mol. The number of amides is 1. The third-order valence-electron chi connectivity index (χ3n) is 14.1. The Bertz CT molecular complexity index is 1000. The van der Waals surface area contributed by atoms with Crippen molar-refractivity contribution in [2.75, 3.05) is 6.61 Å². The number of aliphatic hydroxyl groups excluding tert-OH is 4. The lowest BCUT2D eigenvalue weighted by Gasteiger charge is -2.27. The van der Waals surface area contributed by atoms with E-state index >= 15 is 0 Å². The van der Waals surface area contributed by atoms with Crippen LogP contribution in [-0.2, 0) is 4.79 Å². The lowest BCUT2D eigenvalue weighted by molar-refractivity contribution is -0.132. The molecule has 4 atom stereocenters. The Morgan fingerprint density at radius 2 is 0.621 bits per heavy atom. The van der Waals surface area contributed by atoms with Crippen LogP contribution in [0.5, 0.6) is 0 Å². The molecule has 0 spiro atoms. The SMILES string of the molecule is CCCCCCCCCCCCCC/C=C\CCCCCCCCCCCCCCCC(O)C(=O)NC(CO)C(O)C(O)CCC/C=C/CCCCCCCCCCCCCCCCCC. The van der Waals surface area contributed by atoms with Gasteiger partial charge < -0.3 is 25.7 Å². The second-order valence-corrected chi connectivity index (χ2v) is 20.7.